The topological polar surface area (TPSA) is 44.0 Å². The maximum Gasteiger partial charge on any atom is 0.0925 e. The largest absolute Gasteiger partial charge is 0.348 e. The molecule has 1 aromatic heterocycles. The Bertz CT molecular complexity index is 242. The summed E-state index contributed by atoms with van der Waals surface area (Å²) in [6, 6.07) is 0. The molecule has 0 aliphatic rings. The Morgan fingerprint density at radius 3 is 2.85 bits per heavy atom. The van der Waals surface area contributed by atoms with Crippen molar-refractivity contribution in [3.8, 4) is 0 Å². The van der Waals surface area contributed by atoms with Crippen LogP contribution in [0.1, 0.15) is 11.4 Å². The summed E-state index contributed by atoms with van der Waals surface area (Å²) in [6.07, 6.45) is 1.73. The second kappa shape index (κ2) is 4.99. The van der Waals surface area contributed by atoms with Crippen LogP contribution in [0.2, 0.25) is 0 Å². The van der Waals surface area contributed by atoms with Crippen LogP contribution in [0.3, 0.4) is 0 Å². The minimum atomic E-state index is 0.850. The van der Waals surface area contributed by atoms with Gasteiger partial charge in [-0.3, -0.25) is 0 Å². The van der Waals surface area contributed by atoms with Crippen molar-refractivity contribution in [3.63, 3.8) is 0 Å². The van der Waals surface area contributed by atoms with Crippen molar-refractivity contribution in [2.24, 2.45) is 0 Å². The van der Waals surface area contributed by atoms with E-state index in [9.17, 15) is 0 Å². The third kappa shape index (κ3) is 3.57. The number of hydrogen-bond acceptors (Lipinski definition) is 3. The number of aromatic nitrogens is 2. The SMILES string of the molecule is Cc1[nH]cnc1CNCCN(C)C. The molecule has 0 saturated carbocycles. The van der Waals surface area contributed by atoms with Crippen LogP contribution in [0, 0.1) is 6.92 Å². The van der Waals surface area contributed by atoms with Gasteiger partial charge in [-0.15, -0.1) is 0 Å². The molecule has 0 saturated heterocycles. The first-order valence-electron chi connectivity index (χ1n) is 4.54. The molecular formula is C9H18N4. The zero-order chi connectivity index (χ0) is 9.68. The van der Waals surface area contributed by atoms with Crippen molar-refractivity contribution in [1.82, 2.24) is 20.2 Å². The van der Waals surface area contributed by atoms with Crippen LogP contribution in [0.15, 0.2) is 6.33 Å². The number of H-pyrrole nitrogens is 1. The first-order valence-corrected chi connectivity index (χ1v) is 4.54. The van der Waals surface area contributed by atoms with E-state index in [0.717, 1.165) is 31.0 Å². The van der Waals surface area contributed by atoms with Gasteiger partial charge in [-0.05, 0) is 21.0 Å². The van der Waals surface area contributed by atoms with E-state index in [1.165, 1.54) is 0 Å². The Balaban J connectivity index is 2.17. The van der Waals surface area contributed by atoms with Crippen LogP contribution in [0.4, 0.5) is 0 Å². The van der Waals surface area contributed by atoms with Crippen LogP contribution in [-0.2, 0) is 6.54 Å². The summed E-state index contributed by atoms with van der Waals surface area (Å²) < 4.78 is 0. The van der Waals surface area contributed by atoms with E-state index in [1.54, 1.807) is 6.33 Å². The Morgan fingerprint density at radius 2 is 2.31 bits per heavy atom. The van der Waals surface area contributed by atoms with Gasteiger partial charge in [-0.1, -0.05) is 0 Å². The predicted octanol–water partition coefficient (Wildman–Crippen LogP) is 0.369. The van der Waals surface area contributed by atoms with Gasteiger partial charge < -0.3 is 15.2 Å². The third-order valence-corrected chi connectivity index (χ3v) is 1.96. The fourth-order valence-corrected chi connectivity index (χ4v) is 1.07. The molecule has 74 valence electrons. The molecule has 4 heteroatoms. The van der Waals surface area contributed by atoms with Gasteiger partial charge in [0.05, 0.1) is 12.0 Å². The number of imidazole rings is 1. The zero-order valence-electron chi connectivity index (χ0n) is 8.59. The molecule has 0 atom stereocenters. The number of aromatic amines is 1. The van der Waals surface area contributed by atoms with Crippen LogP contribution in [-0.4, -0.2) is 42.1 Å². The lowest BCUT2D eigenvalue weighted by Gasteiger charge is -2.09. The molecule has 0 aliphatic carbocycles. The summed E-state index contributed by atoms with van der Waals surface area (Å²) >= 11 is 0. The fourth-order valence-electron chi connectivity index (χ4n) is 1.07. The van der Waals surface area contributed by atoms with Gasteiger partial charge in [0, 0.05) is 25.3 Å². The maximum absolute atomic E-state index is 4.20. The van der Waals surface area contributed by atoms with E-state index in [4.69, 9.17) is 0 Å². The lowest BCUT2D eigenvalue weighted by atomic mass is 10.3. The van der Waals surface area contributed by atoms with E-state index in [0.29, 0.717) is 0 Å². The second-order valence-electron chi connectivity index (χ2n) is 3.45. The number of nitrogens with one attached hydrogen (secondary N) is 2. The normalized spacial score (nSPS) is 11.1. The number of likely N-dealkylation sites (N-methyl/N-ethyl adjacent to an activating group) is 1. The summed E-state index contributed by atoms with van der Waals surface area (Å²) in [5.74, 6) is 0. The van der Waals surface area contributed by atoms with E-state index < -0.39 is 0 Å². The van der Waals surface area contributed by atoms with Gasteiger partial charge in [0.15, 0.2) is 0 Å². The highest BCUT2D eigenvalue weighted by atomic mass is 15.1. The molecular weight excluding hydrogens is 164 g/mol. The molecule has 0 radical (unpaired) electrons. The van der Waals surface area contributed by atoms with Crippen molar-refractivity contribution < 1.29 is 0 Å². The van der Waals surface area contributed by atoms with Crippen LogP contribution in [0.25, 0.3) is 0 Å². The molecule has 0 bridgehead atoms. The van der Waals surface area contributed by atoms with Crippen LogP contribution >= 0.6 is 0 Å². The van der Waals surface area contributed by atoms with Crippen molar-refractivity contribution >= 4 is 0 Å². The highest BCUT2D eigenvalue weighted by Gasteiger charge is 1.98. The lowest BCUT2D eigenvalue weighted by molar-refractivity contribution is 0.399. The van der Waals surface area contributed by atoms with Gasteiger partial charge in [0.1, 0.15) is 0 Å². The van der Waals surface area contributed by atoms with Gasteiger partial charge in [0.2, 0.25) is 0 Å². The van der Waals surface area contributed by atoms with Gasteiger partial charge in [-0.25, -0.2) is 4.98 Å². The van der Waals surface area contributed by atoms with Gasteiger partial charge in [-0.2, -0.15) is 0 Å². The Hall–Kier alpha value is -0.870. The molecule has 4 nitrogen and oxygen atoms in total. The minimum absolute atomic E-state index is 0.850. The quantitative estimate of drug-likeness (QED) is 0.647. The molecule has 0 aromatic carbocycles. The average molecular weight is 182 g/mol. The van der Waals surface area contributed by atoms with E-state index in [2.05, 4.69) is 34.3 Å². The van der Waals surface area contributed by atoms with Crippen LogP contribution < -0.4 is 5.32 Å². The smallest absolute Gasteiger partial charge is 0.0925 e. The van der Waals surface area contributed by atoms with Crippen molar-refractivity contribution in [3.05, 3.63) is 17.7 Å². The molecule has 0 amide bonds. The average Bonchev–Trinajstić information content (AvgIpc) is 2.45. The van der Waals surface area contributed by atoms with E-state index in [1.807, 2.05) is 6.92 Å². The minimum Gasteiger partial charge on any atom is -0.348 e. The standard InChI is InChI=1S/C9H18N4/c1-8-9(12-7-11-8)6-10-4-5-13(2)3/h7,10H,4-6H2,1-3H3,(H,11,12). The van der Waals surface area contributed by atoms with Crippen molar-refractivity contribution in [2.75, 3.05) is 27.2 Å². The molecule has 0 unspecified atom stereocenters. The van der Waals surface area contributed by atoms with Crippen molar-refractivity contribution in [1.29, 1.82) is 0 Å². The Morgan fingerprint density at radius 1 is 1.54 bits per heavy atom. The zero-order valence-corrected chi connectivity index (χ0v) is 8.59. The Labute approximate surface area is 79.4 Å². The third-order valence-electron chi connectivity index (χ3n) is 1.96. The number of nitrogens with zero attached hydrogens (tertiary/aromatic N) is 2. The first kappa shape index (κ1) is 10.2. The number of hydrogen-bond donors (Lipinski definition) is 2. The summed E-state index contributed by atoms with van der Waals surface area (Å²) in [5, 5.41) is 3.34. The maximum atomic E-state index is 4.20. The fraction of sp³-hybridized carbons (Fsp3) is 0.667. The van der Waals surface area contributed by atoms with Gasteiger partial charge >= 0.3 is 0 Å². The summed E-state index contributed by atoms with van der Waals surface area (Å²) in [4.78, 5) is 9.41. The molecule has 1 heterocycles. The van der Waals surface area contributed by atoms with Gasteiger partial charge in [0.25, 0.3) is 0 Å². The molecule has 13 heavy (non-hydrogen) atoms. The first-order chi connectivity index (χ1) is 6.20. The summed E-state index contributed by atoms with van der Waals surface area (Å²) in [5.41, 5.74) is 2.26. The Kier molecular flexibility index (Phi) is 3.92. The predicted molar refractivity (Wildman–Crippen MR) is 53.6 cm³/mol. The molecule has 0 fully saturated rings. The summed E-state index contributed by atoms with van der Waals surface area (Å²) in [6.45, 7) is 4.95. The molecule has 0 spiro atoms. The number of rotatable bonds is 5. The van der Waals surface area contributed by atoms with Crippen molar-refractivity contribution in [2.45, 2.75) is 13.5 Å². The highest BCUT2D eigenvalue weighted by molar-refractivity contribution is 5.07. The summed E-state index contributed by atoms with van der Waals surface area (Å²) in [7, 11) is 4.14. The molecule has 0 aliphatic heterocycles. The number of aryl methyl sites for hydroxylation is 1. The highest BCUT2D eigenvalue weighted by Crippen LogP contribution is 1.98. The second-order valence-corrected chi connectivity index (χ2v) is 3.45. The molecule has 1 rings (SSSR count). The monoisotopic (exact) mass is 182 g/mol. The lowest BCUT2D eigenvalue weighted by Crippen LogP contribution is -2.26. The van der Waals surface area contributed by atoms with E-state index >= 15 is 0 Å². The van der Waals surface area contributed by atoms with Crippen LogP contribution in [0.5, 0.6) is 0 Å². The molecule has 2 N–H and O–H groups in total. The van der Waals surface area contributed by atoms with E-state index in [-0.39, 0.29) is 0 Å². The molecule has 1 aromatic rings.